The van der Waals surface area contributed by atoms with Crippen molar-refractivity contribution >= 4 is 11.7 Å². The number of amides is 1. The van der Waals surface area contributed by atoms with Crippen molar-refractivity contribution in [1.82, 2.24) is 20.0 Å². The van der Waals surface area contributed by atoms with Gasteiger partial charge in [-0.25, -0.2) is 0 Å². The SMILES string of the molecule is COc1ccc(-n2nc(C)c3c2NC(=O)C[C@H]3c2ccc(OC)c(OC)c2)nn1. The van der Waals surface area contributed by atoms with Crippen LogP contribution in [0.4, 0.5) is 5.82 Å². The molecular formula is C20H21N5O4. The lowest BCUT2D eigenvalue weighted by Gasteiger charge is -2.24. The van der Waals surface area contributed by atoms with E-state index in [9.17, 15) is 4.79 Å². The number of anilines is 1. The highest BCUT2D eigenvalue weighted by atomic mass is 16.5. The molecule has 1 N–H and O–H groups in total. The molecule has 0 radical (unpaired) electrons. The number of benzene rings is 1. The number of nitrogens with zero attached hydrogens (tertiary/aromatic N) is 4. The molecule has 0 unspecified atom stereocenters. The average molecular weight is 395 g/mol. The molecule has 0 saturated heterocycles. The fraction of sp³-hybridized carbons (Fsp3) is 0.300. The Kier molecular flexibility index (Phi) is 4.79. The second-order valence-electron chi connectivity index (χ2n) is 6.61. The lowest BCUT2D eigenvalue weighted by Crippen LogP contribution is -2.25. The molecule has 2 aromatic heterocycles. The standard InChI is InChI=1S/C20H21N5O4/c1-11-19-13(12-5-6-14(27-2)15(9-12)28-3)10-17(26)21-20(19)25(24-11)16-7-8-18(29-4)23-22-16/h5-9,13H,10H2,1-4H3,(H,21,26)/t13-/m0/s1. The summed E-state index contributed by atoms with van der Waals surface area (Å²) in [6, 6.07) is 9.12. The van der Waals surface area contributed by atoms with Gasteiger partial charge in [0.25, 0.3) is 0 Å². The Morgan fingerprint density at radius 3 is 2.48 bits per heavy atom. The Morgan fingerprint density at radius 1 is 1.03 bits per heavy atom. The van der Waals surface area contributed by atoms with Crippen molar-refractivity contribution in [1.29, 1.82) is 0 Å². The van der Waals surface area contributed by atoms with Gasteiger partial charge in [-0.2, -0.15) is 9.78 Å². The highest BCUT2D eigenvalue weighted by molar-refractivity contribution is 5.95. The maximum Gasteiger partial charge on any atom is 0.233 e. The van der Waals surface area contributed by atoms with Gasteiger partial charge in [-0.1, -0.05) is 6.07 Å². The van der Waals surface area contributed by atoms with Gasteiger partial charge in [-0.15, -0.1) is 10.2 Å². The second-order valence-corrected chi connectivity index (χ2v) is 6.61. The number of carbonyl (C=O) groups excluding carboxylic acids is 1. The molecule has 1 aliphatic heterocycles. The van der Waals surface area contributed by atoms with E-state index in [1.54, 1.807) is 31.0 Å². The number of fused-ring (bicyclic) bond motifs is 1. The number of ether oxygens (including phenoxy) is 3. The Hall–Kier alpha value is -3.62. The van der Waals surface area contributed by atoms with Crippen LogP contribution in [0.15, 0.2) is 30.3 Å². The maximum atomic E-state index is 12.5. The first kappa shape index (κ1) is 18.7. The number of carbonyl (C=O) groups is 1. The molecule has 29 heavy (non-hydrogen) atoms. The van der Waals surface area contributed by atoms with Gasteiger partial charge >= 0.3 is 0 Å². The van der Waals surface area contributed by atoms with E-state index in [1.807, 2.05) is 25.1 Å². The summed E-state index contributed by atoms with van der Waals surface area (Å²) in [5.74, 6) is 2.47. The highest BCUT2D eigenvalue weighted by Crippen LogP contribution is 2.42. The van der Waals surface area contributed by atoms with Crippen molar-refractivity contribution in [2.24, 2.45) is 0 Å². The summed E-state index contributed by atoms with van der Waals surface area (Å²) < 4.78 is 17.4. The van der Waals surface area contributed by atoms with Gasteiger partial charge in [0.2, 0.25) is 11.8 Å². The van der Waals surface area contributed by atoms with E-state index < -0.39 is 0 Å². The fourth-order valence-corrected chi connectivity index (χ4v) is 3.60. The topological polar surface area (TPSA) is 100 Å². The largest absolute Gasteiger partial charge is 0.493 e. The molecule has 9 heteroatoms. The number of hydrogen-bond donors (Lipinski definition) is 1. The van der Waals surface area contributed by atoms with Crippen LogP contribution in [-0.4, -0.2) is 47.2 Å². The van der Waals surface area contributed by atoms with Gasteiger partial charge in [-0.05, 0) is 30.7 Å². The minimum absolute atomic E-state index is 0.0973. The molecule has 1 amide bonds. The Morgan fingerprint density at radius 2 is 1.83 bits per heavy atom. The lowest BCUT2D eigenvalue weighted by atomic mass is 9.85. The molecule has 0 saturated carbocycles. The van der Waals surface area contributed by atoms with E-state index in [2.05, 4.69) is 20.6 Å². The zero-order valence-corrected chi connectivity index (χ0v) is 16.6. The van der Waals surface area contributed by atoms with Gasteiger partial charge in [0, 0.05) is 24.0 Å². The van der Waals surface area contributed by atoms with Crippen LogP contribution in [0.5, 0.6) is 17.4 Å². The lowest BCUT2D eigenvalue weighted by molar-refractivity contribution is -0.116. The van der Waals surface area contributed by atoms with Gasteiger partial charge in [0.1, 0.15) is 5.82 Å². The van der Waals surface area contributed by atoms with Crippen molar-refractivity contribution in [3.05, 3.63) is 47.2 Å². The third kappa shape index (κ3) is 3.24. The van der Waals surface area contributed by atoms with Crippen molar-refractivity contribution in [2.75, 3.05) is 26.6 Å². The van der Waals surface area contributed by atoms with Crippen molar-refractivity contribution < 1.29 is 19.0 Å². The van der Waals surface area contributed by atoms with Crippen LogP contribution >= 0.6 is 0 Å². The summed E-state index contributed by atoms with van der Waals surface area (Å²) in [6.07, 6.45) is 0.309. The maximum absolute atomic E-state index is 12.5. The average Bonchev–Trinajstić information content (AvgIpc) is 3.08. The quantitative estimate of drug-likeness (QED) is 0.708. The number of aromatic nitrogens is 4. The summed E-state index contributed by atoms with van der Waals surface area (Å²) in [6.45, 7) is 1.91. The predicted octanol–water partition coefficient (Wildman–Crippen LogP) is 2.47. The molecule has 0 aliphatic carbocycles. The Bertz CT molecular complexity index is 1060. The summed E-state index contributed by atoms with van der Waals surface area (Å²) in [4.78, 5) is 12.5. The van der Waals surface area contributed by atoms with Gasteiger partial charge in [0.05, 0.1) is 27.0 Å². The normalized spacial score (nSPS) is 15.4. The van der Waals surface area contributed by atoms with Gasteiger partial charge in [0.15, 0.2) is 17.3 Å². The monoisotopic (exact) mass is 395 g/mol. The number of aryl methyl sites for hydroxylation is 1. The molecule has 1 atom stereocenters. The van der Waals surface area contributed by atoms with Crippen LogP contribution < -0.4 is 19.5 Å². The van der Waals surface area contributed by atoms with E-state index in [0.717, 1.165) is 16.8 Å². The molecule has 1 aliphatic rings. The van der Waals surface area contributed by atoms with Crippen LogP contribution in [0, 0.1) is 6.92 Å². The van der Waals surface area contributed by atoms with E-state index in [4.69, 9.17) is 14.2 Å². The molecule has 150 valence electrons. The first-order chi connectivity index (χ1) is 14.0. The van der Waals surface area contributed by atoms with Crippen molar-refractivity contribution in [3.63, 3.8) is 0 Å². The Labute approximate surface area is 167 Å². The molecule has 4 rings (SSSR count). The number of hydrogen-bond acceptors (Lipinski definition) is 7. The summed E-state index contributed by atoms with van der Waals surface area (Å²) in [5, 5.41) is 15.7. The van der Waals surface area contributed by atoms with Crippen LogP contribution in [0.2, 0.25) is 0 Å². The first-order valence-corrected chi connectivity index (χ1v) is 9.05. The van der Waals surface area contributed by atoms with Crippen molar-refractivity contribution in [3.8, 4) is 23.2 Å². The van der Waals surface area contributed by atoms with E-state index in [0.29, 0.717) is 35.4 Å². The van der Waals surface area contributed by atoms with Crippen LogP contribution in [0.3, 0.4) is 0 Å². The molecule has 0 fully saturated rings. The zero-order chi connectivity index (χ0) is 20.5. The minimum Gasteiger partial charge on any atom is -0.493 e. The number of methoxy groups -OCH3 is 3. The molecule has 3 aromatic rings. The number of nitrogens with one attached hydrogen (secondary N) is 1. The predicted molar refractivity (Wildman–Crippen MR) is 105 cm³/mol. The van der Waals surface area contributed by atoms with E-state index >= 15 is 0 Å². The third-order valence-electron chi connectivity index (χ3n) is 4.96. The minimum atomic E-state index is -0.168. The third-order valence-corrected chi connectivity index (χ3v) is 4.96. The molecule has 1 aromatic carbocycles. The smallest absolute Gasteiger partial charge is 0.233 e. The summed E-state index contributed by atoms with van der Waals surface area (Å²) in [5.41, 5.74) is 2.69. The van der Waals surface area contributed by atoms with Crippen molar-refractivity contribution in [2.45, 2.75) is 19.3 Å². The zero-order valence-electron chi connectivity index (χ0n) is 16.6. The van der Waals surface area contributed by atoms with E-state index in [-0.39, 0.29) is 11.8 Å². The van der Waals surface area contributed by atoms with E-state index in [1.165, 1.54) is 7.11 Å². The summed E-state index contributed by atoms with van der Waals surface area (Å²) >= 11 is 0. The molecule has 3 heterocycles. The highest BCUT2D eigenvalue weighted by Gasteiger charge is 2.33. The molecular weight excluding hydrogens is 374 g/mol. The number of rotatable bonds is 5. The van der Waals surface area contributed by atoms with Crippen LogP contribution in [-0.2, 0) is 4.79 Å². The first-order valence-electron chi connectivity index (χ1n) is 9.05. The fourth-order valence-electron chi connectivity index (χ4n) is 3.60. The Balaban J connectivity index is 1.81. The van der Waals surface area contributed by atoms with Crippen LogP contribution in [0.1, 0.15) is 29.2 Å². The summed E-state index contributed by atoms with van der Waals surface area (Å²) in [7, 11) is 4.71. The van der Waals surface area contributed by atoms with Crippen LogP contribution in [0.25, 0.3) is 5.82 Å². The molecule has 9 nitrogen and oxygen atoms in total. The molecule has 0 bridgehead atoms. The van der Waals surface area contributed by atoms with Gasteiger partial charge in [-0.3, -0.25) is 4.79 Å². The van der Waals surface area contributed by atoms with Gasteiger partial charge < -0.3 is 19.5 Å². The molecule has 0 spiro atoms. The second kappa shape index (κ2) is 7.42.